The van der Waals surface area contributed by atoms with Crippen LogP contribution in [0.1, 0.15) is 90.9 Å². The Bertz CT molecular complexity index is 322. The molecule has 0 spiro atoms. The molecule has 0 aromatic carbocycles. The number of carbonyl (C=O) groups is 2. The molecule has 24 heavy (non-hydrogen) atoms. The lowest BCUT2D eigenvalue weighted by Crippen LogP contribution is -2.45. The van der Waals surface area contributed by atoms with Crippen LogP contribution in [0.3, 0.4) is 0 Å². The van der Waals surface area contributed by atoms with Crippen molar-refractivity contribution in [2.45, 2.75) is 96.9 Å². The van der Waals surface area contributed by atoms with Crippen LogP contribution < -0.4 is 10.6 Å². The van der Waals surface area contributed by atoms with E-state index in [2.05, 4.69) is 22.3 Å². The molecule has 0 saturated heterocycles. The summed E-state index contributed by atoms with van der Waals surface area (Å²) in [6, 6.07) is -0.923. The van der Waals surface area contributed by atoms with Gasteiger partial charge >= 0.3 is 12.0 Å². The van der Waals surface area contributed by atoms with E-state index < -0.39 is 12.0 Å². The zero-order valence-corrected chi connectivity index (χ0v) is 16.0. The van der Waals surface area contributed by atoms with Crippen LogP contribution in [0.4, 0.5) is 4.79 Å². The molecule has 5 nitrogen and oxygen atoms in total. The minimum Gasteiger partial charge on any atom is -0.467 e. The highest BCUT2D eigenvalue weighted by molar-refractivity contribution is 5.83. The first kappa shape index (κ1) is 22.7. The van der Waals surface area contributed by atoms with Crippen molar-refractivity contribution < 1.29 is 14.3 Å². The summed E-state index contributed by atoms with van der Waals surface area (Å²) < 4.78 is 4.55. The molecule has 0 unspecified atom stereocenters. The number of amides is 2. The molecule has 0 aromatic heterocycles. The van der Waals surface area contributed by atoms with Gasteiger partial charge in [-0.1, -0.05) is 77.6 Å². The first-order valence-electron chi connectivity index (χ1n) is 9.74. The SMILES string of the molecule is CCCCCCCCCCCCCCNC(=O)N[C@@H](C)C(=O)OC. The molecule has 1 atom stereocenters. The van der Waals surface area contributed by atoms with E-state index >= 15 is 0 Å². The van der Waals surface area contributed by atoms with Crippen molar-refractivity contribution in [3.8, 4) is 0 Å². The van der Waals surface area contributed by atoms with Crippen LogP contribution in [0.15, 0.2) is 0 Å². The Kier molecular flexibility index (Phi) is 15.7. The van der Waals surface area contributed by atoms with Gasteiger partial charge in [0.1, 0.15) is 6.04 Å². The molecule has 0 bridgehead atoms. The molecule has 0 heterocycles. The van der Waals surface area contributed by atoms with Gasteiger partial charge < -0.3 is 15.4 Å². The summed E-state index contributed by atoms with van der Waals surface area (Å²) in [4.78, 5) is 22.7. The van der Waals surface area contributed by atoms with Crippen molar-refractivity contribution in [3.63, 3.8) is 0 Å². The lowest BCUT2D eigenvalue weighted by molar-refractivity contribution is -0.142. The Morgan fingerprint density at radius 1 is 0.833 bits per heavy atom. The normalized spacial score (nSPS) is 11.8. The lowest BCUT2D eigenvalue weighted by atomic mass is 10.1. The topological polar surface area (TPSA) is 67.4 Å². The number of methoxy groups -OCH3 is 1. The molecular formula is C19H38N2O3. The van der Waals surface area contributed by atoms with Gasteiger partial charge in [0.15, 0.2) is 0 Å². The number of esters is 1. The molecule has 0 radical (unpaired) electrons. The molecule has 0 aliphatic carbocycles. The summed E-state index contributed by atoms with van der Waals surface area (Å²) in [6.07, 6.45) is 15.6. The van der Waals surface area contributed by atoms with Crippen LogP contribution >= 0.6 is 0 Å². The average Bonchev–Trinajstić information content (AvgIpc) is 2.58. The molecule has 0 aliphatic heterocycles. The van der Waals surface area contributed by atoms with Gasteiger partial charge in [-0.05, 0) is 13.3 Å². The van der Waals surface area contributed by atoms with Crippen molar-refractivity contribution in [3.05, 3.63) is 0 Å². The number of nitrogens with one attached hydrogen (secondary N) is 2. The minimum absolute atomic E-state index is 0.309. The fourth-order valence-corrected chi connectivity index (χ4v) is 2.65. The highest BCUT2D eigenvalue weighted by Gasteiger charge is 2.14. The molecule has 142 valence electrons. The molecule has 0 aliphatic rings. The number of carbonyl (C=O) groups excluding carboxylic acids is 2. The molecule has 0 rings (SSSR count). The minimum atomic E-state index is -0.614. The van der Waals surface area contributed by atoms with Crippen LogP contribution in [0, 0.1) is 0 Å². The average molecular weight is 343 g/mol. The number of hydrogen-bond donors (Lipinski definition) is 2. The van der Waals surface area contributed by atoms with E-state index in [9.17, 15) is 9.59 Å². The van der Waals surface area contributed by atoms with E-state index in [1.54, 1.807) is 6.92 Å². The Morgan fingerprint density at radius 3 is 1.75 bits per heavy atom. The summed E-state index contributed by atoms with van der Waals surface area (Å²) in [6.45, 7) is 4.51. The van der Waals surface area contributed by atoms with E-state index in [4.69, 9.17) is 0 Å². The monoisotopic (exact) mass is 342 g/mol. The number of hydrogen-bond acceptors (Lipinski definition) is 3. The third kappa shape index (κ3) is 14.3. The van der Waals surface area contributed by atoms with Gasteiger partial charge in [-0.15, -0.1) is 0 Å². The molecule has 2 amide bonds. The van der Waals surface area contributed by atoms with Crippen LogP contribution in [-0.2, 0) is 9.53 Å². The molecule has 5 heteroatoms. The number of ether oxygens (including phenoxy) is 1. The van der Waals surface area contributed by atoms with Gasteiger partial charge in [0.05, 0.1) is 7.11 Å². The molecule has 0 saturated carbocycles. The third-order valence-corrected chi connectivity index (χ3v) is 4.22. The first-order valence-corrected chi connectivity index (χ1v) is 9.74. The number of rotatable bonds is 15. The van der Waals surface area contributed by atoms with Gasteiger partial charge in [-0.25, -0.2) is 9.59 Å². The maximum atomic E-state index is 11.5. The second-order valence-electron chi connectivity index (χ2n) is 6.53. The highest BCUT2D eigenvalue weighted by Crippen LogP contribution is 2.11. The van der Waals surface area contributed by atoms with E-state index in [0.717, 1.165) is 12.8 Å². The van der Waals surface area contributed by atoms with Crippen LogP contribution in [-0.4, -0.2) is 31.7 Å². The van der Waals surface area contributed by atoms with E-state index in [1.807, 2.05) is 0 Å². The maximum absolute atomic E-state index is 11.5. The second-order valence-corrected chi connectivity index (χ2v) is 6.53. The highest BCUT2D eigenvalue weighted by atomic mass is 16.5. The summed E-state index contributed by atoms with van der Waals surface area (Å²) >= 11 is 0. The Hall–Kier alpha value is -1.26. The molecule has 0 aromatic rings. The Morgan fingerprint density at radius 2 is 1.29 bits per heavy atom. The fraction of sp³-hybridized carbons (Fsp3) is 0.895. The standard InChI is InChI=1S/C19H38N2O3/c1-4-5-6-7-8-9-10-11-12-13-14-15-16-20-19(23)21-17(2)18(22)24-3/h17H,4-16H2,1-3H3,(H2,20,21,23)/t17-/m0/s1. The predicted octanol–water partition coefficient (Wildman–Crippen LogP) is 4.55. The zero-order valence-electron chi connectivity index (χ0n) is 16.0. The summed E-state index contributed by atoms with van der Waals surface area (Å²) in [7, 11) is 1.31. The molecular weight excluding hydrogens is 304 g/mol. The number of unbranched alkanes of at least 4 members (excludes halogenated alkanes) is 11. The summed E-state index contributed by atoms with van der Waals surface area (Å²) in [5.74, 6) is -0.435. The molecule has 2 N–H and O–H groups in total. The van der Waals surface area contributed by atoms with Gasteiger partial charge in [-0.3, -0.25) is 0 Å². The largest absolute Gasteiger partial charge is 0.467 e. The van der Waals surface area contributed by atoms with Crippen molar-refractivity contribution in [1.82, 2.24) is 10.6 Å². The lowest BCUT2D eigenvalue weighted by Gasteiger charge is -2.12. The molecule has 0 fully saturated rings. The van der Waals surface area contributed by atoms with E-state index in [-0.39, 0.29) is 6.03 Å². The quantitative estimate of drug-likeness (QED) is 0.339. The van der Waals surface area contributed by atoms with Crippen LogP contribution in [0.25, 0.3) is 0 Å². The Balaban J connectivity index is 3.27. The van der Waals surface area contributed by atoms with Gasteiger partial charge in [0, 0.05) is 6.54 Å². The number of urea groups is 1. The third-order valence-electron chi connectivity index (χ3n) is 4.22. The van der Waals surface area contributed by atoms with Crippen LogP contribution in [0.5, 0.6) is 0 Å². The van der Waals surface area contributed by atoms with Gasteiger partial charge in [0.25, 0.3) is 0 Å². The van der Waals surface area contributed by atoms with Crippen LogP contribution in [0.2, 0.25) is 0 Å². The van der Waals surface area contributed by atoms with Gasteiger partial charge in [0.2, 0.25) is 0 Å². The summed E-state index contributed by atoms with van der Waals surface area (Å²) in [5.41, 5.74) is 0. The first-order chi connectivity index (χ1) is 11.6. The summed E-state index contributed by atoms with van der Waals surface area (Å²) in [5, 5.41) is 5.32. The fourth-order valence-electron chi connectivity index (χ4n) is 2.65. The Labute approximate surface area is 148 Å². The van der Waals surface area contributed by atoms with Crippen molar-refractivity contribution in [2.24, 2.45) is 0 Å². The van der Waals surface area contributed by atoms with Crippen molar-refractivity contribution in [2.75, 3.05) is 13.7 Å². The van der Waals surface area contributed by atoms with E-state index in [1.165, 1.54) is 71.3 Å². The maximum Gasteiger partial charge on any atom is 0.328 e. The zero-order chi connectivity index (χ0) is 18.0. The smallest absolute Gasteiger partial charge is 0.328 e. The second kappa shape index (κ2) is 16.6. The predicted molar refractivity (Wildman–Crippen MR) is 99.1 cm³/mol. The van der Waals surface area contributed by atoms with Crippen molar-refractivity contribution >= 4 is 12.0 Å². The van der Waals surface area contributed by atoms with Gasteiger partial charge in [-0.2, -0.15) is 0 Å². The van der Waals surface area contributed by atoms with Crippen molar-refractivity contribution in [1.29, 1.82) is 0 Å². The van der Waals surface area contributed by atoms with E-state index in [0.29, 0.717) is 6.54 Å².